The molecule has 0 aromatic rings. The molecular formula is C11H21N3O. The van der Waals surface area contributed by atoms with Crippen molar-refractivity contribution < 1.29 is 4.74 Å². The monoisotopic (exact) mass is 211 g/mol. The van der Waals surface area contributed by atoms with Crippen molar-refractivity contribution in [1.29, 1.82) is 0 Å². The van der Waals surface area contributed by atoms with Crippen molar-refractivity contribution in [3.8, 4) is 0 Å². The van der Waals surface area contributed by atoms with E-state index >= 15 is 0 Å². The second-order valence-electron chi connectivity index (χ2n) is 4.51. The molecule has 4 heteroatoms. The van der Waals surface area contributed by atoms with Gasteiger partial charge in [0.15, 0.2) is 5.96 Å². The van der Waals surface area contributed by atoms with Crippen molar-refractivity contribution in [3.63, 3.8) is 0 Å². The van der Waals surface area contributed by atoms with Gasteiger partial charge >= 0.3 is 0 Å². The van der Waals surface area contributed by atoms with E-state index in [1.54, 1.807) is 0 Å². The Bertz CT molecular complexity index is 218. The summed E-state index contributed by atoms with van der Waals surface area (Å²) in [7, 11) is 0. The normalized spacial score (nSPS) is 29.3. The van der Waals surface area contributed by atoms with Gasteiger partial charge in [0.1, 0.15) is 0 Å². The van der Waals surface area contributed by atoms with Crippen LogP contribution in [0.1, 0.15) is 38.5 Å². The first-order chi connectivity index (χ1) is 7.34. The number of rotatable bonds is 2. The summed E-state index contributed by atoms with van der Waals surface area (Å²) in [5.74, 6) is 0.609. The summed E-state index contributed by atoms with van der Waals surface area (Å²) in [6, 6.07) is 0.825. The first kappa shape index (κ1) is 10.7. The van der Waals surface area contributed by atoms with Crippen LogP contribution < -0.4 is 11.1 Å². The van der Waals surface area contributed by atoms with Gasteiger partial charge in [-0.05, 0) is 19.3 Å². The summed E-state index contributed by atoms with van der Waals surface area (Å²) in [5, 5.41) is 3.23. The lowest BCUT2D eigenvalue weighted by atomic mass is 9.96. The lowest BCUT2D eigenvalue weighted by Gasteiger charge is -2.19. The average molecular weight is 211 g/mol. The molecule has 1 aliphatic heterocycles. The number of nitrogens with one attached hydrogen (secondary N) is 1. The fraction of sp³-hybridized carbons (Fsp3) is 0.909. The molecule has 1 saturated heterocycles. The number of aliphatic imine (C=N–C) groups is 1. The SMILES string of the molecule is NC(=NC1CCCCC1)NC1CCOC1. The molecule has 0 bridgehead atoms. The maximum Gasteiger partial charge on any atom is 0.189 e. The summed E-state index contributed by atoms with van der Waals surface area (Å²) in [5.41, 5.74) is 5.87. The third kappa shape index (κ3) is 3.38. The van der Waals surface area contributed by atoms with Crippen LogP contribution in [0.3, 0.4) is 0 Å². The fourth-order valence-corrected chi connectivity index (χ4v) is 2.30. The van der Waals surface area contributed by atoms with Crippen LogP contribution in [0.5, 0.6) is 0 Å². The molecule has 1 saturated carbocycles. The highest BCUT2D eigenvalue weighted by Crippen LogP contribution is 2.20. The molecule has 0 amide bonds. The number of nitrogens with zero attached hydrogens (tertiary/aromatic N) is 1. The lowest BCUT2D eigenvalue weighted by molar-refractivity contribution is 0.192. The Morgan fingerprint density at radius 2 is 2.00 bits per heavy atom. The van der Waals surface area contributed by atoms with Gasteiger partial charge < -0.3 is 15.8 Å². The summed E-state index contributed by atoms with van der Waals surface area (Å²) < 4.78 is 5.27. The molecule has 0 aromatic carbocycles. The zero-order valence-corrected chi connectivity index (χ0v) is 9.24. The zero-order valence-electron chi connectivity index (χ0n) is 9.24. The maximum absolute atomic E-state index is 5.87. The van der Waals surface area contributed by atoms with E-state index in [0.29, 0.717) is 18.0 Å². The molecule has 2 rings (SSSR count). The molecule has 2 aliphatic rings. The molecule has 0 aromatic heterocycles. The van der Waals surface area contributed by atoms with Crippen molar-refractivity contribution in [3.05, 3.63) is 0 Å². The van der Waals surface area contributed by atoms with E-state index in [1.807, 2.05) is 0 Å². The summed E-state index contributed by atoms with van der Waals surface area (Å²) in [6.45, 7) is 1.61. The molecule has 1 unspecified atom stereocenters. The van der Waals surface area contributed by atoms with Gasteiger partial charge in [0.25, 0.3) is 0 Å². The van der Waals surface area contributed by atoms with Crippen LogP contribution in [-0.2, 0) is 4.74 Å². The lowest BCUT2D eigenvalue weighted by Crippen LogP contribution is -2.41. The molecule has 1 aliphatic carbocycles. The van der Waals surface area contributed by atoms with E-state index in [4.69, 9.17) is 10.5 Å². The van der Waals surface area contributed by atoms with Crippen LogP contribution in [0, 0.1) is 0 Å². The predicted octanol–water partition coefficient (Wildman–Crippen LogP) is 1.01. The molecular weight excluding hydrogens is 190 g/mol. The third-order valence-corrected chi connectivity index (χ3v) is 3.18. The summed E-state index contributed by atoms with van der Waals surface area (Å²) in [6.07, 6.45) is 7.39. The van der Waals surface area contributed by atoms with Crippen LogP contribution in [0.4, 0.5) is 0 Å². The van der Waals surface area contributed by atoms with Gasteiger partial charge in [0.2, 0.25) is 0 Å². The first-order valence-corrected chi connectivity index (χ1v) is 6.02. The van der Waals surface area contributed by atoms with E-state index in [9.17, 15) is 0 Å². The molecule has 86 valence electrons. The minimum Gasteiger partial charge on any atom is -0.379 e. The Kier molecular flexibility index (Phi) is 3.83. The van der Waals surface area contributed by atoms with E-state index in [-0.39, 0.29) is 0 Å². The van der Waals surface area contributed by atoms with E-state index in [2.05, 4.69) is 10.3 Å². The van der Waals surface area contributed by atoms with Gasteiger partial charge in [0, 0.05) is 6.61 Å². The number of hydrogen-bond acceptors (Lipinski definition) is 2. The van der Waals surface area contributed by atoms with Crippen LogP contribution in [0.15, 0.2) is 4.99 Å². The molecule has 2 fully saturated rings. The fourth-order valence-electron chi connectivity index (χ4n) is 2.30. The highest BCUT2D eigenvalue weighted by molar-refractivity contribution is 5.78. The first-order valence-electron chi connectivity index (χ1n) is 6.02. The van der Waals surface area contributed by atoms with Crippen LogP contribution in [-0.4, -0.2) is 31.3 Å². The second-order valence-corrected chi connectivity index (χ2v) is 4.51. The average Bonchev–Trinajstić information content (AvgIpc) is 2.71. The maximum atomic E-state index is 5.87. The highest BCUT2D eigenvalue weighted by Gasteiger charge is 2.17. The van der Waals surface area contributed by atoms with Crippen molar-refractivity contribution in [2.45, 2.75) is 50.6 Å². The van der Waals surface area contributed by atoms with Crippen molar-refractivity contribution in [1.82, 2.24) is 5.32 Å². The largest absolute Gasteiger partial charge is 0.379 e. The van der Waals surface area contributed by atoms with Gasteiger partial charge in [-0.25, -0.2) is 0 Å². The molecule has 1 atom stereocenters. The van der Waals surface area contributed by atoms with Crippen LogP contribution >= 0.6 is 0 Å². The van der Waals surface area contributed by atoms with E-state index in [1.165, 1.54) is 32.1 Å². The topological polar surface area (TPSA) is 59.6 Å². The molecule has 3 N–H and O–H groups in total. The molecule has 15 heavy (non-hydrogen) atoms. The molecule has 1 heterocycles. The predicted molar refractivity (Wildman–Crippen MR) is 60.9 cm³/mol. The number of hydrogen-bond donors (Lipinski definition) is 2. The Balaban J connectivity index is 1.77. The van der Waals surface area contributed by atoms with Gasteiger partial charge in [-0.2, -0.15) is 0 Å². The minimum absolute atomic E-state index is 0.373. The zero-order chi connectivity index (χ0) is 10.5. The summed E-state index contributed by atoms with van der Waals surface area (Å²) >= 11 is 0. The summed E-state index contributed by atoms with van der Waals surface area (Å²) in [4.78, 5) is 4.53. The van der Waals surface area contributed by atoms with Gasteiger partial charge in [0.05, 0.1) is 18.7 Å². The Hall–Kier alpha value is -0.770. The third-order valence-electron chi connectivity index (χ3n) is 3.18. The Morgan fingerprint density at radius 1 is 1.20 bits per heavy atom. The van der Waals surface area contributed by atoms with Crippen molar-refractivity contribution in [2.24, 2.45) is 10.7 Å². The van der Waals surface area contributed by atoms with E-state index in [0.717, 1.165) is 19.6 Å². The number of guanidine groups is 1. The van der Waals surface area contributed by atoms with Gasteiger partial charge in [-0.15, -0.1) is 0 Å². The van der Waals surface area contributed by atoms with Crippen LogP contribution in [0.2, 0.25) is 0 Å². The van der Waals surface area contributed by atoms with Gasteiger partial charge in [-0.3, -0.25) is 4.99 Å². The van der Waals surface area contributed by atoms with Gasteiger partial charge in [-0.1, -0.05) is 19.3 Å². The minimum atomic E-state index is 0.373. The Labute approximate surface area is 91.3 Å². The Morgan fingerprint density at radius 3 is 2.67 bits per heavy atom. The number of ether oxygens (including phenoxy) is 1. The van der Waals surface area contributed by atoms with Crippen molar-refractivity contribution >= 4 is 5.96 Å². The quantitative estimate of drug-likeness (QED) is 0.529. The molecule has 4 nitrogen and oxygen atoms in total. The van der Waals surface area contributed by atoms with E-state index < -0.39 is 0 Å². The van der Waals surface area contributed by atoms with Crippen molar-refractivity contribution in [2.75, 3.05) is 13.2 Å². The second kappa shape index (κ2) is 5.35. The highest BCUT2D eigenvalue weighted by atomic mass is 16.5. The molecule has 0 radical (unpaired) electrons. The number of nitrogens with two attached hydrogens (primary N) is 1. The van der Waals surface area contributed by atoms with Crippen LogP contribution in [0.25, 0.3) is 0 Å². The standard InChI is InChI=1S/C11H21N3O/c12-11(14-10-6-7-15-8-10)13-9-4-2-1-3-5-9/h9-10H,1-8H2,(H3,12,13,14). The smallest absolute Gasteiger partial charge is 0.189 e. The molecule has 0 spiro atoms.